The molecule has 0 radical (unpaired) electrons. The molecule has 1 N–H and O–H groups in total. The van der Waals surface area contributed by atoms with E-state index in [1.165, 1.54) is 27.8 Å². The maximum Gasteiger partial charge on any atom is 0.0604 e. The average Bonchev–Trinajstić information content (AvgIpc) is 2.63. The molecular weight excluding hydrogens is 270 g/mol. The van der Waals surface area contributed by atoms with Gasteiger partial charge in [-0.3, -0.25) is 4.98 Å². The number of aromatic nitrogens is 1. The molecule has 0 bridgehead atoms. The number of fused-ring (bicyclic) bond motifs is 2. The summed E-state index contributed by atoms with van der Waals surface area (Å²) in [7, 11) is 4.20. The molecule has 2 aromatic rings. The molecule has 0 spiro atoms. The van der Waals surface area contributed by atoms with Crippen LogP contribution in [-0.4, -0.2) is 37.1 Å². The maximum atomic E-state index is 4.35. The second-order valence-corrected chi connectivity index (χ2v) is 6.11. The lowest BCUT2D eigenvalue weighted by Crippen LogP contribution is -2.31. The third kappa shape index (κ3) is 2.96. The van der Waals surface area contributed by atoms with E-state index in [-0.39, 0.29) is 6.04 Å². The van der Waals surface area contributed by atoms with Gasteiger partial charge in [-0.2, -0.15) is 0 Å². The highest BCUT2D eigenvalue weighted by molar-refractivity contribution is 5.84. The second kappa shape index (κ2) is 6.42. The fraction of sp³-hybridized carbons (Fsp3) is 0.316. The lowest BCUT2D eigenvalue weighted by atomic mass is 9.94. The Morgan fingerprint density at radius 3 is 2.77 bits per heavy atom. The molecule has 1 aromatic heterocycles. The third-order valence-corrected chi connectivity index (χ3v) is 4.17. The highest BCUT2D eigenvalue weighted by atomic mass is 15.1. The van der Waals surface area contributed by atoms with Crippen LogP contribution in [0.3, 0.4) is 0 Å². The lowest BCUT2D eigenvalue weighted by Gasteiger charge is -2.23. The summed E-state index contributed by atoms with van der Waals surface area (Å²) in [6, 6.07) is 11.0. The number of benzene rings is 1. The van der Waals surface area contributed by atoms with Crippen molar-refractivity contribution in [3.05, 3.63) is 65.0 Å². The van der Waals surface area contributed by atoms with Crippen LogP contribution in [0, 0.1) is 0 Å². The summed E-state index contributed by atoms with van der Waals surface area (Å²) in [5.74, 6) is 0. The van der Waals surface area contributed by atoms with Crippen LogP contribution in [0.2, 0.25) is 0 Å². The van der Waals surface area contributed by atoms with E-state index in [0.29, 0.717) is 0 Å². The maximum absolute atomic E-state index is 4.35. The van der Waals surface area contributed by atoms with Gasteiger partial charge in [0.2, 0.25) is 0 Å². The molecule has 0 saturated carbocycles. The molecule has 0 aliphatic heterocycles. The number of rotatable bonds is 4. The van der Waals surface area contributed by atoms with Crippen molar-refractivity contribution in [1.82, 2.24) is 15.2 Å². The zero-order chi connectivity index (χ0) is 15.5. The molecule has 3 rings (SSSR count). The number of allylic oxidation sites excluding steroid dienone is 1. The van der Waals surface area contributed by atoms with E-state index < -0.39 is 0 Å². The molecule has 22 heavy (non-hydrogen) atoms. The Morgan fingerprint density at radius 1 is 1.14 bits per heavy atom. The number of nitrogens with zero attached hydrogens (tertiary/aromatic N) is 2. The number of pyridine rings is 1. The van der Waals surface area contributed by atoms with E-state index in [0.717, 1.165) is 13.1 Å². The lowest BCUT2D eigenvalue weighted by molar-refractivity contribution is 0.392. The van der Waals surface area contributed by atoms with Gasteiger partial charge in [0.15, 0.2) is 0 Å². The average molecular weight is 293 g/mol. The molecule has 1 aliphatic rings. The summed E-state index contributed by atoms with van der Waals surface area (Å²) in [6.45, 7) is 4.14. The van der Waals surface area contributed by atoms with Gasteiger partial charge in [0.1, 0.15) is 0 Å². The normalized spacial score (nSPS) is 16.7. The first-order chi connectivity index (χ1) is 10.7. The first-order valence-electron chi connectivity index (χ1n) is 7.76. The van der Waals surface area contributed by atoms with E-state index in [1.807, 2.05) is 12.4 Å². The van der Waals surface area contributed by atoms with Gasteiger partial charge in [-0.1, -0.05) is 30.3 Å². The van der Waals surface area contributed by atoms with E-state index in [1.54, 1.807) is 0 Å². The van der Waals surface area contributed by atoms with Crippen molar-refractivity contribution in [3.63, 3.8) is 0 Å². The second-order valence-electron chi connectivity index (χ2n) is 6.11. The van der Waals surface area contributed by atoms with Gasteiger partial charge in [0.05, 0.1) is 6.04 Å². The first-order valence-corrected chi connectivity index (χ1v) is 7.76. The molecule has 1 unspecified atom stereocenters. The predicted octanol–water partition coefficient (Wildman–Crippen LogP) is 3.20. The van der Waals surface area contributed by atoms with Crippen molar-refractivity contribution < 1.29 is 0 Å². The number of hydrogen-bond acceptors (Lipinski definition) is 3. The van der Waals surface area contributed by atoms with Crippen LogP contribution in [0.4, 0.5) is 0 Å². The van der Waals surface area contributed by atoms with Crippen LogP contribution in [0.1, 0.15) is 35.2 Å². The Kier molecular flexibility index (Phi) is 4.36. The summed E-state index contributed by atoms with van der Waals surface area (Å²) < 4.78 is 0. The zero-order valence-electron chi connectivity index (χ0n) is 13.5. The Bertz CT molecular complexity index is 689. The van der Waals surface area contributed by atoms with Gasteiger partial charge in [-0.25, -0.2) is 0 Å². The molecule has 3 nitrogen and oxygen atoms in total. The van der Waals surface area contributed by atoms with Crippen molar-refractivity contribution in [2.24, 2.45) is 0 Å². The van der Waals surface area contributed by atoms with Gasteiger partial charge in [-0.15, -0.1) is 0 Å². The third-order valence-electron chi connectivity index (χ3n) is 4.17. The smallest absolute Gasteiger partial charge is 0.0604 e. The van der Waals surface area contributed by atoms with Crippen molar-refractivity contribution in [2.45, 2.75) is 13.0 Å². The molecule has 0 fully saturated rings. The van der Waals surface area contributed by atoms with Crippen LogP contribution in [0.15, 0.2) is 42.7 Å². The fourth-order valence-corrected chi connectivity index (χ4v) is 3.03. The molecule has 0 saturated heterocycles. The molecule has 1 aliphatic carbocycles. The minimum Gasteiger partial charge on any atom is -0.308 e. The summed E-state index contributed by atoms with van der Waals surface area (Å²) in [4.78, 5) is 6.55. The SMILES string of the molecule is CC1=Cc2ccncc2C(NCCN(C)C)c2ccccc21. The van der Waals surface area contributed by atoms with E-state index >= 15 is 0 Å². The quantitative estimate of drug-likeness (QED) is 0.938. The minimum absolute atomic E-state index is 0.188. The zero-order valence-corrected chi connectivity index (χ0v) is 13.5. The fourth-order valence-electron chi connectivity index (χ4n) is 3.03. The predicted molar refractivity (Wildman–Crippen MR) is 92.6 cm³/mol. The van der Waals surface area contributed by atoms with E-state index in [2.05, 4.69) is 72.6 Å². The summed E-state index contributed by atoms with van der Waals surface area (Å²) in [5.41, 5.74) is 6.47. The first kappa shape index (κ1) is 14.9. The Labute approximate surface area is 132 Å². The van der Waals surface area contributed by atoms with E-state index in [4.69, 9.17) is 0 Å². The van der Waals surface area contributed by atoms with Crippen LogP contribution in [0.25, 0.3) is 11.6 Å². The molecule has 1 aromatic carbocycles. The van der Waals surface area contributed by atoms with Crippen molar-refractivity contribution in [3.8, 4) is 0 Å². The summed E-state index contributed by atoms with van der Waals surface area (Å²) >= 11 is 0. The largest absolute Gasteiger partial charge is 0.308 e. The van der Waals surface area contributed by atoms with E-state index in [9.17, 15) is 0 Å². The topological polar surface area (TPSA) is 28.2 Å². The van der Waals surface area contributed by atoms with Crippen LogP contribution in [0.5, 0.6) is 0 Å². The highest BCUT2D eigenvalue weighted by Gasteiger charge is 2.22. The van der Waals surface area contributed by atoms with Crippen molar-refractivity contribution in [2.75, 3.05) is 27.2 Å². The molecule has 1 atom stereocenters. The number of nitrogens with one attached hydrogen (secondary N) is 1. The van der Waals surface area contributed by atoms with Gasteiger partial charge >= 0.3 is 0 Å². The van der Waals surface area contributed by atoms with Gasteiger partial charge in [0, 0.05) is 25.5 Å². The van der Waals surface area contributed by atoms with Crippen LogP contribution in [-0.2, 0) is 0 Å². The Morgan fingerprint density at radius 2 is 1.95 bits per heavy atom. The number of hydrogen-bond donors (Lipinski definition) is 1. The summed E-state index contributed by atoms with van der Waals surface area (Å²) in [5, 5.41) is 3.71. The Hall–Kier alpha value is -1.97. The van der Waals surface area contributed by atoms with Crippen molar-refractivity contribution in [1.29, 1.82) is 0 Å². The summed E-state index contributed by atoms with van der Waals surface area (Å²) in [6.07, 6.45) is 6.13. The molecule has 114 valence electrons. The molecule has 1 heterocycles. The minimum atomic E-state index is 0.188. The van der Waals surface area contributed by atoms with Gasteiger partial charge < -0.3 is 10.2 Å². The standard InChI is InChI=1S/C19H23N3/c1-14-12-15-8-9-20-13-18(15)19(21-10-11-22(2)3)17-7-5-4-6-16(14)17/h4-9,12-13,19,21H,10-11H2,1-3H3. The van der Waals surface area contributed by atoms with Crippen LogP contribution < -0.4 is 5.32 Å². The monoisotopic (exact) mass is 293 g/mol. The van der Waals surface area contributed by atoms with Crippen molar-refractivity contribution >= 4 is 11.6 Å². The Balaban J connectivity index is 2.04. The molecule has 3 heteroatoms. The molecular formula is C19H23N3. The number of likely N-dealkylation sites (N-methyl/N-ethyl adjacent to an activating group) is 1. The van der Waals surface area contributed by atoms with Crippen LogP contribution >= 0.6 is 0 Å². The highest BCUT2D eigenvalue weighted by Crippen LogP contribution is 2.35. The van der Waals surface area contributed by atoms with Gasteiger partial charge in [-0.05, 0) is 54.9 Å². The molecule has 0 amide bonds. The van der Waals surface area contributed by atoms with Gasteiger partial charge in [0.25, 0.3) is 0 Å².